The van der Waals surface area contributed by atoms with Crippen molar-refractivity contribution < 1.29 is 43.3 Å². The van der Waals surface area contributed by atoms with Crippen molar-refractivity contribution in [2.45, 2.75) is 193 Å². The lowest BCUT2D eigenvalue weighted by Crippen LogP contribution is -2.52. The summed E-state index contributed by atoms with van der Waals surface area (Å²) in [6.45, 7) is 3.92. The number of esters is 2. The van der Waals surface area contributed by atoms with Gasteiger partial charge in [0.05, 0.1) is 13.2 Å². The summed E-state index contributed by atoms with van der Waals surface area (Å²) in [6.07, 6.45) is 33.7. The molecule has 0 bridgehead atoms. The first kappa shape index (κ1) is 46.8. The van der Waals surface area contributed by atoms with E-state index in [-0.39, 0.29) is 32.6 Å². The third-order valence-corrected chi connectivity index (χ3v) is 9.38. The van der Waals surface area contributed by atoms with Crippen molar-refractivity contribution in [1.29, 1.82) is 0 Å². The predicted octanol–water partition coefficient (Wildman–Crippen LogP) is 9.31. The first-order chi connectivity index (χ1) is 23.3. The molecule has 0 radical (unpaired) electrons. The molecule has 0 amide bonds. The Hall–Kier alpha value is -1.25. The number of unbranched alkanes of at least 4 members (excludes halogenated alkanes) is 22. The minimum Gasteiger partial charge on any atom is -0.756 e. The average molecular weight is 704 g/mol. The largest absolute Gasteiger partial charge is 0.756 e. The van der Waals surface area contributed by atoms with Crippen LogP contribution in [0.3, 0.4) is 0 Å². The summed E-state index contributed by atoms with van der Waals surface area (Å²) in [5.41, 5.74) is 3.55. The van der Waals surface area contributed by atoms with Crippen LogP contribution in [0, 0.1) is 0 Å². The van der Waals surface area contributed by atoms with Crippen LogP contribution < -0.4 is 10.6 Å². The van der Waals surface area contributed by atoms with Crippen molar-refractivity contribution in [3.05, 3.63) is 12.2 Å². The molecule has 0 spiro atoms. The van der Waals surface area contributed by atoms with Crippen molar-refractivity contribution in [3.63, 3.8) is 0 Å². The summed E-state index contributed by atoms with van der Waals surface area (Å²) in [5, 5.41) is 0. The van der Waals surface area contributed by atoms with Gasteiger partial charge < -0.3 is 29.1 Å². The molecule has 0 aliphatic heterocycles. The van der Waals surface area contributed by atoms with Gasteiger partial charge in [-0.3, -0.25) is 14.2 Å². The zero-order chi connectivity index (χ0) is 35.4. The van der Waals surface area contributed by atoms with E-state index in [1.165, 1.54) is 109 Å². The van der Waals surface area contributed by atoms with Gasteiger partial charge in [0, 0.05) is 12.8 Å². The molecule has 0 aliphatic rings. The highest BCUT2D eigenvalue weighted by atomic mass is 31.2. The van der Waals surface area contributed by atoms with Crippen LogP contribution >= 0.6 is 7.82 Å². The summed E-state index contributed by atoms with van der Waals surface area (Å²) < 4.78 is 32.4. The van der Waals surface area contributed by atoms with Crippen molar-refractivity contribution in [3.8, 4) is 0 Å². The van der Waals surface area contributed by atoms with E-state index in [1.807, 2.05) is 0 Å². The molecular weight excluding hydrogens is 629 g/mol. The maximum atomic E-state index is 12.5. The van der Waals surface area contributed by atoms with Crippen LogP contribution in [0.1, 0.15) is 187 Å². The van der Waals surface area contributed by atoms with Crippen LogP contribution in [0.25, 0.3) is 0 Å². The molecule has 284 valence electrons. The van der Waals surface area contributed by atoms with Gasteiger partial charge in [-0.1, -0.05) is 148 Å². The van der Waals surface area contributed by atoms with E-state index in [4.69, 9.17) is 18.5 Å². The van der Waals surface area contributed by atoms with E-state index in [0.29, 0.717) is 6.42 Å². The monoisotopic (exact) mass is 704 g/mol. The number of carbonyl (C=O) groups excluding carboxylic acids is 2. The molecule has 0 aliphatic carbocycles. The second-order valence-corrected chi connectivity index (χ2v) is 14.6. The molecule has 9 nitrogen and oxygen atoms in total. The van der Waals surface area contributed by atoms with Crippen LogP contribution in [0.4, 0.5) is 0 Å². The van der Waals surface area contributed by atoms with E-state index >= 15 is 0 Å². The number of phosphoric acid groups is 1. The SMILES string of the molecule is CCCCCC/C=C\CCCCCCCCC(=O)OC[C@H](COP(=O)([O-])OCC[NH3+])OC(=O)CCCCCCCCCCCCCCC. The van der Waals surface area contributed by atoms with Gasteiger partial charge in [0.25, 0.3) is 7.82 Å². The number of quaternary nitrogens is 1. The Morgan fingerprint density at radius 1 is 0.604 bits per heavy atom. The third kappa shape index (κ3) is 34.6. The molecule has 10 heteroatoms. The molecule has 1 unspecified atom stereocenters. The molecule has 0 aromatic heterocycles. The van der Waals surface area contributed by atoms with Crippen LogP contribution in [0.15, 0.2) is 12.2 Å². The third-order valence-electron chi connectivity index (χ3n) is 8.42. The number of rotatable bonds is 37. The number of phosphoric ester groups is 1. The van der Waals surface area contributed by atoms with Crippen LogP contribution in [0.2, 0.25) is 0 Å². The zero-order valence-corrected chi connectivity index (χ0v) is 32.0. The first-order valence-corrected chi connectivity index (χ1v) is 21.2. The van der Waals surface area contributed by atoms with Gasteiger partial charge in [-0.05, 0) is 38.5 Å². The smallest absolute Gasteiger partial charge is 0.306 e. The molecule has 0 rings (SSSR count). The maximum Gasteiger partial charge on any atom is 0.306 e. The molecule has 0 heterocycles. The van der Waals surface area contributed by atoms with E-state index in [0.717, 1.165) is 44.9 Å². The van der Waals surface area contributed by atoms with Crippen molar-refractivity contribution >= 4 is 19.8 Å². The highest BCUT2D eigenvalue weighted by molar-refractivity contribution is 7.45. The lowest BCUT2D eigenvalue weighted by Gasteiger charge is -2.25. The molecule has 3 N–H and O–H groups in total. The van der Waals surface area contributed by atoms with Gasteiger partial charge in [-0.2, -0.15) is 0 Å². The van der Waals surface area contributed by atoms with Crippen molar-refractivity contribution in [1.82, 2.24) is 0 Å². The fourth-order valence-electron chi connectivity index (χ4n) is 5.46. The number of ether oxygens (including phenoxy) is 2. The fraction of sp³-hybridized carbons (Fsp3) is 0.895. The molecule has 0 fully saturated rings. The molecule has 0 saturated carbocycles. The second kappa shape index (κ2) is 35.6. The van der Waals surface area contributed by atoms with Gasteiger partial charge in [0.15, 0.2) is 6.10 Å². The summed E-state index contributed by atoms with van der Waals surface area (Å²) in [5.74, 6) is -0.847. The Morgan fingerprint density at radius 3 is 1.50 bits per heavy atom. The van der Waals surface area contributed by atoms with Crippen molar-refractivity contribution in [2.24, 2.45) is 0 Å². The first-order valence-electron chi connectivity index (χ1n) is 19.7. The van der Waals surface area contributed by atoms with Crippen LogP contribution in [-0.4, -0.2) is 44.4 Å². The average Bonchev–Trinajstić information content (AvgIpc) is 3.07. The molecule has 0 aromatic rings. The van der Waals surface area contributed by atoms with Gasteiger partial charge in [0.2, 0.25) is 0 Å². The lowest BCUT2D eigenvalue weighted by molar-refractivity contribution is -0.373. The lowest BCUT2D eigenvalue weighted by atomic mass is 10.0. The number of hydrogen-bond acceptors (Lipinski definition) is 8. The topological polar surface area (TPSA) is 139 Å². The minimum atomic E-state index is -4.58. The standard InChI is InChI=1S/C38H74NO8P/c1-3-5-7-9-11-13-15-17-19-20-22-24-26-28-30-37(40)44-34-36(35-46-48(42,43)45-33-32-39)47-38(41)31-29-27-25-23-21-18-16-14-12-10-8-6-4-2/h13,15,36H,3-12,14,16-35,39H2,1-2H3,(H,42,43)/b15-13-/t36-/m1/s1. The molecule has 0 saturated heterocycles. The quantitative estimate of drug-likeness (QED) is 0.0292. The Balaban J connectivity index is 4.20. The Bertz CT molecular complexity index is 810. The Kier molecular flexibility index (Phi) is 34.6. The number of carbonyl (C=O) groups is 2. The highest BCUT2D eigenvalue weighted by Crippen LogP contribution is 2.38. The zero-order valence-electron chi connectivity index (χ0n) is 31.1. The normalized spacial score (nSPS) is 13.5. The summed E-state index contributed by atoms with van der Waals surface area (Å²) in [7, 11) is -4.58. The fourth-order valence-corrected chi connectivity index (χ4v) is 6.23. The number of hydrogen-bond donors (Lipinski definition) is 1. The van der Waals surface area contributed by atoms with Gasteiger partial charge in [0.1, 0.15) is 13.2 Å². The van der Waals surface area contributed by atoms with Crippen molar-refractivity contribution in [2.75, 3.05) is 26.4 Å². The predicted molar refractivity (Wildman–Crippen MR) is 193 cm³/mol. The van der Waals surface area contributed by atoms with Gasteiger partial charge in [-0.25, -0.2) is 0 Å². The summed E-state index contributed by atoms with van der Waals surface area (Å²) in [6, 6.07) is 0. The van der Waals surface area contributed by atoms with E-state index in [9.17, 15) is 19.0 Å². The summed E-state index contributed by atoms with van der Waals surface area (Å²) in [4.78, 5) is 36.8. The van der Waals surface area contributed by atoms with E-state index in [2.05, 4.69) is 31.7 Å². The number of allylic oxidation sites excluding steroid dienone is 2. The van der Waals surface area contributed by atoms with Crippen LogP contribution in [-0.2, 0) is 32.7 Å². The molecule has 0 aromatic carbocycles. The molecule has 2 atom stereocenters. The molecule has 48 heavy (non-hydrogen) atoms. The molecular formula is C38H74NO8P. The second-order valence-electron chi connectivity index (χ2n) is 13.2. The maximum absolute atomic E-state index is 12.5. The van der Waals surface area contributed by atoms with Crippen LogP contribution in [0.5, 0.6) is 0 Å². The van der Waals surface area contributed by atoms with Gasteiger partial charge >= 0.3 is 11.9 Å². The summed E-state index contributed by atoms with van der Waals surface area (Å²) >= 11 is 0. The minimum absolute atomic E-state index is 0.102. The van der Waals surface area contributed by atoms with Gasteiger partial charge in [-0.15, -0.1) is 0 Å². The highest BCUT2D eigenvalue weighted by Gasteiger charge is 2.21. The van der Waals surface area contributed by atoms with E-state index < -0.39 is 32.5 Å². The Labute approximate surface area is 294 Å². The Morgan fingerprint density at radius 2 is 1.02 bits per heavy atom. The van der Waals surface area contributed by atoms with E-state index in [1.54, 1.807) is 0 Å².